The Balaban J connectivity index is 1.77. The second-order valence-electron chi connectivity index (χ2n) is 5.80. The Labute approximate surface area is 161 Å². The van der Waals surface area contributed by atoms with E-state index in [1.54, 1.807) is 30.3 Å². The summed E-state index contributed by atoms with van der Waals surface area (Å²) in [5.41, 5.74) is 1.66. The van der Waals surface area contributed by atoms with Gasteiger partial charge in [0.1, 0.15) is 0 Å². The molecule has 0 saturated carbocycles. The summed E-state index contributed by atoms with van der Waals surface area (Å²) >= 11 is 5.88. The molecule has 0 spiro atoms. The van der Waals surface area contributed by atoms with Crippen molar-refractivity contribution in [1.82, 2.24) is 10.5 Å². The number of rotatable bonds is 6. The number of benzene rings is 2. The fourth-order valence-corrected chi connectivity index (χ4v) is 2.68. The normalized spacial score (nSPS) is 11.6. The van der Waals surface area contributed by atoms with Crippen molar-refractivity contribution >= 4 is 23.5 Å². The third-order valence-corrected chi connectivity index (χ3v) is 4.23. The second-order valence-corrected chi connectivity index (χ2v) is 6.24. The van der Waals surface area contributed by atoms with E-state index >= 15 is 0 Å². The Bertz CT molecular complexity index is 923. The zero-order valence-electron chi connectivity index (χ0n) is 14.5. The summed E-state index contributed by atoms with van der Waals surface area (Å²) in [5, 5.41) is 7.23. The molecule has 1 atom stereocenters. The van der Waals surface area contributed by atoms with Crippen LogP contribution >= 0.6 is 11.6 Å². The molecule has 0 bridgehead atoms. The molecular weight excluding hydrogens is 368 g/mol. The first-order valence-electron chi connectivity index (χ1n) is 8.22. The van der Waals surface area contributed by atoms with Crippen LogP contribution in [0.2, 0.25) is 5.02 Å². The van der Waals surface area contributed by atoms with Crippen molar-refractivity contribution in [2.24, 2.45) is 0 Å². The summed E-state index contributed by atoms with van der Waals surface area (Å²) in [6.45, 7) is 0. The molecule has 2 aromatic carbocycles. The minimum Gasteiger partial charge on any atom is -0.469 e. The van der Waals surface area contributed by atoms with Gasteiger partial charge >= 0.3 is 5.97 Å². The lowest BCUT2D eigenvalue weighted by Gasteiger charge is -2.17. The lowest BCUT2D eigenvalue weighted by Crippen LogP contribution is -2.30. The van der Waals surface area contributed by atoms with Gasteiger partial charge in [0.05, 0.1) is 19.6 Å². The molecule has 0 aliphatic carbocycles. The Morgan fingerprint density at radius 1 is 1.15 bits per heavy atom. The van der Waals surface area contributed by atoms with Gasteiger partial charge < -0.3 is 14.6 Å². The van der Waals surface area contributed by atoms with Crippen LogP contribution in [0.25, 0.3) is 11.3 Å². The first kappa shape index (κ1) is 18.7. The van der Waals surface area contributed by atoms with Crippen LogP contribution in [0.5, 0.6) is 0 Å². The minimum absolute atomic E-state index is 0.00808. The van der Waals surface area contributed by atoms with Crippen molar-refractivity contribution in [3.8, 4) is 11.3 Å². The first-order chi connectivity index (χ1) is 13.1. The Kier molecular flexibility index (Phi) is 5.88. The highest BCUT2D eigenvalue weighted by molar-refractivity contribution is 6.30. The van der Waals surface area contributed by atoms with E-state index < -0.39 is 17.9 Å². The average Bonchev–Trinajstić information content (AvgIpc) is 3.19. The van der Waals surface area contributed by atoms with Gasteiger partial charge in [0, 0.05) is 16.7 Å². The van der Waals surface area contributed by atoms with E-state index in [2.05, 4.69) is 10.5 Å². The topological polar surface area (TPSA) is 81.4 Å². The maximum Gasteiger partial charge on any atom is 0.307 e. The number of esters is 1. The molecule has 3 aromatic rings. The van der Waals surface area contributed by atoms with Crippen LogP contribution < -0.4 is 5.32 Å². The van der Waals surface area contributed by atoms with Gasteiger partial charge in [-0.2, -0.15) is 0 Å². The molecule has 0 aliphatic heterocycles. The zero-order chi connectivity index (χ0) is 19.2. The molecule has 138 valence electrons. The maximum atomic E-state index is 12.6. The molecule has 0 aliphatic rings. The summed E-state index contributed by atoms with van der Waals surface area (Å²) in [7, 11) is 1.31. The summed E-state index contributed by atoms with van der Waals surface area (Å²) in [4.78, 5) is 24.3. The Morgan fingerprint density at radius 2 is 1.85 bits per heavy atom. The Morgan fingerprint density at radius 3 is 2.52 bits per heavy atom. The number of amides is 1. The third kappa shape index (κ3) is 4.74. The number of ether oxygens (including phenoxy) is 1. The molecule has 1 aromatic heterocycles. The SMILES string of the molecule is COC(=O)C[C@@H](NC(=O)c1cc(-c2ccc(Cl)cc2)on1)c1ccccc1. The second kappa shape index (κ2) is 8.51. The fraction of sp³-hybridized carbons (Fsp3) is 0.150. The van der Waals surface area contributed by atoms with Crippen molar-refractivity contribution in [3.05, 3.63) is 76.9 Å². The molecule has 0 radical (unpaired) electrons. The lowest BCUT2D eigenvalue weighted by atomic mass is 10.0. The van der Waals surface area contributed by atoms with Crippen LogP contribution in [0.3, 0.4) is 0 Å². The monoisotopic (exact) mass is 384 g/mol. The number of carbonyl (C=O) groups is 2. The van der Waals surface area contributed by atoms with Gasteiger partial charge in [-0.1, -0.05) is 47.1 Å². The molecule has 1 N–H and O–H groups in total. The number of hydrogen-bond donors (Lipinski definition) is 1. The molecule has 27 heavy (non-hydrogen) atoms. The van der Waals surface area contributed by atoms with Crippen LogP contribution in [0.15, 0.2) is 65.2 Å². The van der Waals surface area contributed by atoms with Gasteiger partial charge in [0.25, 0.3) is 5.91 Å². The molecule has 7 heteroatoms. The van der Waals surface area contributed by atoms with E-state index in [0.717, 1.165) is 11.1 Å². The van der Waals surface area contributed by atoms with E-state index in [4.69, 9.17) is 20.9 Å². The fourth-order valence-electron chi connectivity index (χ4n) is 2.55. The van der Waals surface area contributed by atoms with Crippen molar-refractivity contribution < 1.29 is 18.8 Å². The predicted octanol–water partition coefficient (Wildman–Crippen LogP) is 4.03. The van der Waals surface area contributed by atoms with Gasteiger partial charge in [-0.3, -0.25) is 9.59 Å². The van der Waals surface area contributed by atoms with E-state index in [9.17, 15) is 9.59 Å². The number of halogens is 1. The first-order valence-corrected chi connectivity index (χ1v) is 8.60. The molecular formula is C20H17ClN2O4. The quantitative estimate of drug-likeness (QED) is 0.649. The van der Waals surface area contributed by atoms with E-state index in [-0.39, 0.29) is 12.1 Å². The number of nitrogens with zero attached hydrogens (tertiary/aromatic N) is 1. The van der Waals surface area contributed by atoms with Crippen LogP contribution in [0.4, 0.5) is 0 Å². The highest BCUT2D eigenvalue weighted by Gasteiger charge is 2.22. The van der Waals surface area contributed by atoms with Gasteiger partial charge in [-0.05, 0) is 29.8 Å². The highest BCUT2D eigenvalue weighted by atomic mass is 35.5. The standard InChI is InChI=1S/C20H17ClN2O4/c1-26-19(24)12-16(13-5-3-2-4-6-13)22-20(25)17-11-18(27-23-17)14-7-9-15(21)10-8-14/h2-11,16H,12H2,1H3,(H,22,25)/t16-/m1/s1. The minimum atomic E-state index is -0.540. The molecule has 3 rings (SSSR count). The average molecular weight is 385 g/mol. The summed E-state index contributed by atoms with van der Waals surface area (Å²) in [5.74, 6) is -0.427. The maximum absolute atomic E-state index is 12.6. The van der Waals surface area contributed by atoms with Gasteiger partial charge in [-0.25, -0.2) is 0 Å². The molecule has 0 fully saturated rings. The molecule has 6 nitrogen and oxygen atoms in total. The predicted molar refractivity (Wildman–Crippen MR) is 100 cm³/mol. The van der Waals surface area contributed by atoms with E-state index in [0.29, 0.717) is 10.8 Å². The summed E-state index contributed by atoms with van der Waals surface area (Å²) in [6, 6.07) is 17.2. The van der Waals surface area contributed by atoms with Crippen molar-refractivity contribution in [3.63, 3.8) is 0 Å². The third-order valence-electron chi connectivity index (χ3n) is 3.98. The smallest absolute Gasteiger partial charge is 0.307 e. The number of carbonyl (C=O) groups excluding carboxylic acids is 2. The molecule has 0 saturated heterocycles. The van der Waals surface area contributed by atoms with Gasteiger partial charge in [0.2, 0.25) is 0 Å². The van der Waals surface area contributed by atoms with Crippen molar-refractivity contribution in [1.29, 1.82) is 0 Å². The number of nitrogens with one attached hydrogen (secondary N) is 1. The summed E-state index contributed by atoms with van der Waals surface area (Å²) < 4.78 is 9.98. The van der Waals surface area contributed by atoms with E-state index in [1.807, 2.05) is 30.3 Å². The Hall–Kier alpha value is -3.12. The van der Waals surface area contributed by atoms with Crippen LogP contribution in [-0.2, 0) is 9.53 Å². The van der Waals surface area contributed by atoms with E-state index in [1.165, 1.54) is 7.11 Å². The van der Waals surface area contributed by atoms with Crippen LogP contribution in [0.1, 0.15) is 28.5 Å². The van der Waals surface area contributed by atoms with Crippen LogP contribution in [0, 0.1) is 0 Å². The lowest BCUT2D eigenvalue weighted by molar-refractivity contribution is -0.141. The number of methoxy groups -OCH3 is 1. The zero-order valence-corrected chi connectivity index (χ0v) is 15.3. The molecule has 0 unspecified atom stereocenters. The van der Waals surface area contributed by atoms with Crippen molar-refractivity contribution in [2.75, 3.05) is 7.11 Å². The van der Waals surface area contributed by atoms with Crippen molar-refractivity contribution in [2.45, 2.75) is 12.5 Å². The molecule has 1 amide bonds. The van der Waals surface area contributed by atoms with Crippen LogP contribution in [-0.4, -0.2) is 24.1 Å². The summed E-state index contributed by atoms with van der Waals surface area (Å²) in [6.07, 6.45) is 0.00808. The number of hydrogen-bond acceptors (Lipinski definition) is 5. The number of aromatic nitrogens is 1. The largest absolute Gasteiger partial charge is 0.469 e. The molecule has 1 heterocycles. The van der Waals surface area contributed by atoms with Gasteiger partial charge in [0.15, 0.2) is 11.5 Å². The van der Waals surface area contributed by atoms with Gasteiger partial charge in [-0.15, -0.1) is 0 Å². The highest BCUT2D eigenvalue weighted by Crippen LogP contribution is 2.23.